The molecule has 3 aromatic rings. The second-order valence-electron chi connectivity index (χ2n) is 6.04. The number of furan rings is 1. The van der Waals surface area contributed by atoms with Crippen LogP contribution in [0.3, 0.4) is 0 Å². The number of ether oxygens (including phenoxy) is 2. The first-order valence-corrected chi connectivity index (χ1v) is 8.42. The molecule has 6 heteroatoms. The second kappa shape index (κ2) is 7.00. The summed E-state index contributed by atoms with van der Waals surface area (Å²) >= 11 is 0. The van der Waals surface area contributed by atoms with Crippen LogP contribution in [0.5, 0.6) is 11.5 Å². The highest BCUT2D eigenvalue weighted by Crippen LogP contribution is 2.32. The van der Waals surface area contributed by atoms with Gasteiger partial charge in [-0.05, 0) is 35.9 Å². The number of methoxy groups -OCH3 is 1. The fourth-order valence-corrected chi connectivity index (χ4v) is 2.97. The van der Waals surface area contributed by atoms with E-state index in [0.29, 0.717) is 16.7 Å². The second-order valence-corrected chi connectivity index (χ2v) is 6.04. The Morgan fingerprint density at radius 3 is 2.25 bits per heavy atom. The van der Waals surface area contributed by atoms with Crippen LogP contribution >= 0.6 is 0 Å². The van der Waals surface area contributed by atoms with Crippen molar-refractivity contribution in [1.29, 1.82) is 0 Å². The van der Waals surface area contributed by atoms with E-state index in [1.165, 1.54) is 31.6 Å². The van der Waals surface area contributed by atoms with Crippen LogP contribution in [-0.2, 0) is 0 Å². The van der Waals surface area contributed by atoms with Crippen LogP contribution in [0.1, 0.15) is 36.8 Å². The fourth-order valence-electron chi connectivity index (χ4n) is 2.97. The van der Waals surface area contributed by atoms with Gasteiger partial charge in [0.2, 0.25) is 5.76 Å². The lowest BCUT2D eigenvalue weighted by atomic mass is 10.1. The van der Waals surface area contributed by atoms with Crippen molar-refractivity contribution < 1.29 is 28.3 Å². The van der Waals surface area contributed by atoms with Crippen LogP contribution in [0, 0.1) is 0 Å². The van der Waals surface area contributed by atoms with Crippen molar-refractivity contribution in [3.63, 3.8) is 0 Å². The molecule has 1 aliphatic rings. The van der Waals surface area contributed by atoms with Crippen molar-refractivity contribution in [2.24, 2.45) is 0 Å². The molecule has 138 valence electrons. The van der Waals surface area contributed by atoms with Crippen LogP contribution in [0.25, 0.3) is 6.08 Å². The monoisotopic (exact) mass is 374 g/mol. The van der Waals surface area contributed by atoms with E-state index in [9.17, 15) is 14.4 Å². The van der Waals surface area contributed by atoms with Gasteiger partial charge in [0.1, 0.15) is 0 Å². The first-order valence-electron chi connectivity index (χ1n) is 8.42. The van der Waals surface area contributed by atoms with Crippen LogP contribution < -0.4 is 9.47 Å². The van der Waals surface area contributed by atoms with Gasteiger partial charge < -0.3 is 13.9 Å². The summed E-state index contributed by atoms with van der Waals surface area (Å²) < 4.78 is 15.6. The van der Waals surface area contributed by atoms with Crippen LogP contribution in [0.2, 0.25) is 0 Å². The smallest absolute Gasteiger partial charge is 0.379 e. The molecule has 6 nitrogen and oxygen atoms in total. The lowest BCUT2D eigenvalue weighted by molar-refractivity contribution is 0.0696. The number of rotatable bonds is 4. The van der Waals surface area contributed by atoms with Crippen molar-refractivity contribution in [3.05, 3.63) is 88.9 Å². The zero-order valence-electron chi connectivity index (χ0n) is 14.8. The number of Topliss-reactive ketones (excluding diaryl/α,β-unsaturated/α-hetero) is 2. The van der Waals surface area contributed by atoms with Gasteiger partial charge in [0, 0.05) is 11.1 Å². The minimum atomic E-state index is -0.661. The quantitative estimate of drug-likeness (QED) is 0.297. The van der Waals surface area contributed by atoms with E-state index in [4.69, 9.17) is 13.9 Å². The third-order valence-electron chi connectivity index (χ3n) is 4.33. The molecule has 0 N–H and O–H groups in total. The Morgan fingerprint density at radius 2 is 1.64 bits per heavy atom. The molecule has 0 aliphatic heterocycles. The molecular weight excluding hydrogens is 360 g/mol. The molecule has 0 bridgehead atoms. The van der Waals surface area contributed by atoms with Gasteiger partial charge in [-0.2, -0.15) is 0 Å². The zero-order valence-corrected chi connectivity index (χ0v) is 14.8. The summed E-state index contributed by atoms with van der Waals surface area (Å²) in [5.41, 5.74) is 1.45. The van der Waals surface area contributed by atoms with E-state index in [2.05, 4.69) is 0 Å². The first-order chi connectivity index (χ1) is 13.6. The third-order valence-corrected chi connectivity index (χ3v) is 4.33. The number of carbonyl (C=O) groups excluding carboxylic acids is 3. The Labute approximate surface area is 160 Å². The van der Waals surface area contributed by atoms with E-state index in [1.54, 1.807) is 42.5 Å². The molecule has 1 aliphatic carbocycles. The maximum absolute atomic E-state index is 12.5. The van der Waals surface area contributed by atoms with Crippen molar-refractivity contribution in [2.75, 3.05) is 7.11 Å². The van der Waals surface area contributed by atoms with Crippen molar-refractivity contribution in [2.45, 2.75) is 0 Å². The number of hydrogen-bond acceptors (Lipinski definition) is 6. The topological polar surface area (TPSA) is 82.8 Å². The summed E-state index contributed by atoms with van der Waals surface area (Å²) in [6, 6.07) is 14.5. The maximum atomic E-state index is 12.5. The number of allylic oxidation sites excluding steroid dienone is 1. The molecule has 0 spiro atoms. The van der Waals surface area contributed by atoms with E-state index in [0.717, 1.165) is 0 Å². The predicted molar refractivity (Wildman–Crippen MR) is 99.7 cm³/mol. The molecule has 4 rings (SSSR count). The van der Waals surface area contributed by atoms with Gasteiger partial charge >= 0.3 is 5.97 Å². The third kappa shape index (κ3) is 3.01. The fraction of sp³-hybridized carbons (Fsp3) is 0.0455. The normalized spacial score (nSPS) is 12.7. The summed E-state index contributed by atoms with van der Waals surface area (Å²) in [5, 5.41) is 0. The summed E-state index contributed by atoms with van der Waals surface area (Å²) in [6.07, 6.45) is 2.88. The number of benzene rings is 2. The number of ketones is 2. The highest BCUT2D eigenvalue weighted by Gasteiger charge is 2.32. The van der Waals surface area contributed by atoms with Gasteiger partial charge in [-0.15, -0.1) is 0 Å². The molecule has 1 aromatic heterocycles. The standard InChI is InChI=1S/C22H14O6/c1-26-19-12-13(8-9-17(19)28-22(25)18-7-4-10-27-18)11-16-20(23)14-5-2-3-6-15(14)21(16)24/h2-12H,1H3. The molecular formula is C22H14O6. The summed E-state index contributed by atoms with van der Waals surface area (Å²) in [4.78, 5) is 37.1. The minimum Gasteiger partial charge on any atom is -0.493 e. The summed E-state index contributed by atoms with van der Waals surface area (Å²) in [7, 11) is 1.43. The van der Waals surface area contributed by atoms with Gasteiger partial charge in [0.15, 0.2) is 23.1 Å². The van der Waals surface area contributed by atoms with E-state index in [1.807, 2.05) is 0 Å². The molecule has 0 unspecified atom stereocenters. The number of carbonyl (C=O) groups is 3. The average Bonchev–Trinajstić information content (AvgIpc) is 3.33. The van der Waals surface area contributed by atoms with Crippen molar-refractivity contribution >= 4 is 23.6 Å². The Hall–Kier alpha value is -3.93. The molecule has 0 fully saturated rings. The molecule has 0 atom stereocenters. The predicted octanol–water partition coefficient (Wildman–Crippen LogP) is 3.97. The van der Waals surface area contributed by atoms with Crippen molar-refractivity contribution in [3.8, 4) is 11.5 Å². The molecule has 28 heavy (non-hydrogen) atoms. The SMILES string of the molecule is COc1cc(C=C2C(=O)c3ccccc3C2=O)ccc1OC(=O)c1ccco1. The minimum absolute atomic E-state index is 0.0631. The van der Waals surface area contributed by atoms with Gasteiger partial charge in [0.05, 0.1) is 18.9 Å². The highest BCUT2D eigenvalue weighted by atomic mass is 16.6. The van der Waals surface area contributed by atoms with Gasteiger partial charge in [-0.25, -0.2) is 4.79 Å². The van der Waals surface area contributed by atoms with E-state index >= 15 is 0 Å². The Kier molecular flexibility index (Phi) is 4.37. The van der Waals surface area contributed by atoms with Gasteiger partial charge in [0.25, 0.3) is 0 Å². The molecule has 0 radical (unpaired) electrons. The molecule has 0 amide bonds. The van der Waals surface area contributed by atoms with Crippen LogP contribution in [0.4, 0.5) is 0 Å². The summed E-state index contributed by atoms with van der Waals surface area (Å²) in [5.74, 6) is -0.747. The van der Waals surface area contributed by atoms with Crippen molar-refractivity contribution in [1.82, 2.24) is 0 Å². The van der Waals surface area contributed by atoms with Gasteiger partial charge in [-0.1, -0.05) is 30.3 Å². The Morgan fingerprint density at radius 1 is 0.929 bits per heavy atom. The Balaban J connectivity index is 1.63. The lowest BCUT2D eigenvalue weighted by Gasteiger charge is -2.09. The first kappa shape index (κ1) is 17.5. The van der Waals surface area contributed by atoms with E-state index in [-0.39, 0.29) is 34.4 Å². The highest BCUT2D eigenvalue weighted by molar-refractivity contribution is 6.41. The van der Waals surface area contributed by atoms with Crippen LogP contribution in [0.15, 0.2) is 70.9 Å². The van der Waals surface area contributed by atoms with Crippen LogP contribution in [-0.4, -0.2) is 24.6 Å². The van der Waals surface area contributed by atoms with Gasteiger partial charge in [-0.3, -0.25) is 9.59 Å². The largest absolute Gasteiger partial charge is 0.493 e. The van der Waals surface area contributed by atoms with E-state index < -0.39 is 5.97 Å². The number of hydrogen-bond donors (Lipinski definition) is 0. The maximum Gasteiger partial charge on any atom is 0.379 e. The Bertz CT molecular complexity index is 1080. The molecule has 0 saturated carbocycles. The number of fused-ring (bicyclic) bond motifs is 1. The molecule has 1 heterocycles. The number of esters is 1. The average molecular weight is 374 g/mol. The lowest BCUT2D eigenvalue weighted by Crippen LogP contribution is -2.08. The molecule has 2 aromatic carbocycles. The summed E-state index contributed by atoms with van der Waals surface area (Å²) in [6.45, 7) is 0. The zero-order chi connectivity index (χ0) is 19.7. The molecule has 0 saturated heterocycles.